The third kappa shape index (κ3) is 3.65. The summed E-state index contributed by atoms with van der Waals surface area (Å²) in [5, 5.41) is 12.1. The van der Waals surface area contributed by atoms with Crippen LogP contribution in [0.4, 0.5) is 0 Å². The molecule has 0 saturated heterocycles. The maximum absolute atomic E-state index is 12.0. The molecule has 0 radical (unpaired) electrons. The Kier molecular flexibility index (Phi) is 4.16. The van der Waals surface area contributed by atoms with Gasteiger partial charge in [0, 0.05) is 6.07 Å². The summed E-state index contributed by atoms with van der Waals surface area (Å²) in [7, 11) is -3.67. The maximum Gasteiger partial charge on any atom is 0.307 e. The molecule has 0 bridgehead atoms. The average Bonchev–Trinajstić information content (AvgIpc) is 2.89. The van der Waals surface area contributed by atoms with E-state index < -0.39 is 16.0 Å². The Morgan fingerprint density at radius 3 is 2.50 bits per heavy atom. The van der Waals surface area contributed by atoms with Crippen molar-refractivity contribution in [2.24, 2.45) is 0 Å². The number of benzene rings is 1. The predicted octanol–water partition coefficient (Wildman–Crippen LogP) is 0.780. The smallest absolute Gasteiger partial charge is 0.307 e. The number of carboxylic acids is 1. The minimum atomic E-state index is -3.67. The minimum Gasteiger partial charge on any atom is -0.481 e. The molecule has 0 amide bonds. The fourth-order valence-corrected chi connectivity index (χ4v) is 2.54. The monoisotopic (exact) mass is 296 g/mol. The lowest BCUT2D eigenvalue weighted by molar-refractivity contribution is -0.136. The van der Waals surface area contributed by atoms with Crippen molar-refractivity contribution in [1.82, 2.24) is 9.88 Å². The average molecular weight is 296 g/mol. The number of nitrogens with one attached hydrogen (secondary N) is 1. The highest BCUT2D eigenvalue weighted by atomic mass is 32.2. The van der Waals surface area contributed by atoms with Crippen molar-refractivity contribution < 1.29 is 22.8 Å². The molecular weight excluding hydrogens is 284 g/mol. The number of aliphatic carboxylic acids is 1. The summed E-state index contributed by atoms with van der Waals surface area (Å²) >= 11 is 0. The number of carbonyl (C=O) groups is 1. The van der Waals surface area contributed by atoms with Gasteiger partial charge < -0.3 is 9.63 Å². The number of rotatable bonds is 6. The van der Waals surface area contributed by atoms with Crippen LogP contribution in [0.15, 0.2) is 45.9 Å². The van der Waals surface area contributed by atoms with E-state index in [1.165, 1.54) is 30.5 Å². The minimum absolute atomic E-state index is 0.000783. The number of nitrogens with zero attached hydrogens (tertiary/aromatic N) is 1. The van der Waals surface area contributed by atoms with Crippen molar-refractivity contribution in [1.29, 1.82) is 0 Å². The van der Waals surface area contributed by atoms with Gasteiger partial charge in [0.1, 0.15) is 0 Å². The van der Waals surface area contributed by atoms with Gasteiger partial charge in [0.25, 0.3) is 0 Å². The summed E-state index contributed by atoms with van der Waals surface area (Å²) in [6.45, 7) is -0.000783. The number of sulfonamides is 1. The molecule has 0 unspecified atom stereocenters. The van der Waals surface area contributed by atoms with E-state index in [4.69, 9.17) is 9.63 Å². The van der Waals surface area contributed by atoms with Crippen LogP contribution in [0.1, 0.15) is 11.3 Å². The molecule has 8 heteroatoms. The third-order valence-electron chi connectivity index (χ3n) is 2.52. The van der Waals surface area contributed by atoms with Crippen LogP contribution in [0.5, 0.6) is 0 Å². The van der Waals surface area contributed by atoms with Gasteiger partial charge in [-0.15, -0.1) is 0 Å². The summed E-state index contributed by atoms with van der Waals surface area (Å²) < 4.78 is 31.1. The molecule has 0 saturated carbocycles. The van der Waals surface area contributed by atoms with Gasteiger partial charge in [0.15, 0.2) is 5.76 Å². The van der Waals surface area contributed by atoms with E-state index in [1.54, 1.807) is 6.07 Å². The normalized spacial score (nSPS) is 11.4. The zero-order valence-corrected chi connectivity index (χ0v) is 11.1. The van der Waals surface area contributed by atoms with Gasteiger partial charge in [-0.2, -0.15) is 0 Å². The van der Waals surface area contributed by atoms with E-state index in [2.05, 4.69) is 9.88 Å². The second-order valence-corrected chi connectivity index (χ2v) is 5.78. The number of hydrogen-bond donors (Lipinski definition) is 2. The van der Waals surface area contributed by atoms with Crippen molar-refractivity contribution >= 4 is 16.0 Å². The molecule has 0 aliphatic carbocycles. The zero-order valence-electron chi connectivity index (χ0n) is 10.3. The highest BCUT2D eigenvalue weighted by molar-refractivity contribution is 7.89. The van der Waals surface area contributed by atoms with E-state index in [-0.39, 0.29) is 17.9 Å². The lowest BCUT2D eigenvalue weighted by Crippen LogP contribution is -2.23. The Bertz CT molecular complexity index is 677. The van der Waals surface area contributed by atoms with E-state index in [1.807, 2.05) is 0 Å². The van der Waals surface area contributed by atoms with Crippen LogP contribution >= 0.6 is 0 Å². The second kappa shape index (κ2) is 5.85. The van der Waals surface area contributed by atoms with Crippen molar-refractivity contribution in [3.05, 3.63) is 47.9 Å². The molecule has 0 spiro atoms. The first-order chi connectivity index (χ1) is 9.47. The van der Waals surface area contributed by atoms with Crippen molar-refractivity contribution in [2.45, 2.75) is 17.9 Å². The predicted molar refractivity (Wildman–Crippen MR) is 68.3 cm³/mol. The van der Waals surface area contributed by atoms with Crippen LogP contribution in [-0.4, -0.2) is 24.7 Å². The third-order valence-corrected chi connectivity index (χ3v) is 3.93. The topological polar surface area (TPSA) is 110 Å². The van der Waals surface area contributed by atoms with Crippen LogP contribution in [0, 0.1) is 0 Å². The summed E-state index contributed by atoms with van der Waals surface area (Å²) in [5.74, 6) is -0.569. The van der Waals surface area contributed by atoms with Crippen LogP contribution in [-0.2, 0) is 27.8 Å². The van der Waals surface area contributed by atoms with Crippen molar-refractivity contribution in [3.8, 4) is 0 Å². The van der Waals surface area contributed by atoms with Gasteiger partial charge in [-0.1, -0.05) is 17.3 Å². The Morgan fingerprint density at radius 2 is 1.95 bits per heavy atom. The number of hydrogen-bond acceptors (Lipinski definition) is 5. The van der Waals surface area contributed by atoms with Crippen LogP contribution in [0.3, 0.4) is 0 Å². The fourth-order valence-electron chi connectivity index (χ4n) is 1.54. The second-order valence-electron chi connectivity index (χ2n) is 4.02. The van der Waals surface area contributed by atoms with Gasteiger partial charge in [-0.25, -0.2) is 13.1 Å². The Morgan fingerprint density at radius 1 is 1.25 bits per heavy atom. The molecule has 0 aliphatic heterocycles. The fraction of sp³-hybridized carbons (Fsp3) is 0.167. The number of carboxylic acid groups (broad SMARTS) is 1. The number of aromatic nitrogens is 1. The Balaban J connectivity index is 2.07. The summed E-state index contributed by atoms with van der Waals surface area (Å²) in [4.78, 5) is 10.6. The molecule has 2 rings (SSSR count). The zero-order chi connectivity index (χ0) is 14.6. The Hall–Kier alpha value is -2.19. The Labute approximate surface area is 115 Å². The summed E-state index contributed by atoms with van der Waals surface area (Å²) in [5.41, 5.74) is 0.534. The van der Waals surface area contributed by atoms with Crippen LogP contribution in [0.2, 0.25) is 0 Å². The molecule has 1 aromatic carbocycles. The standard InChI is InChI=1S/C12H12N2O5S/c15-12(16)7-9-1-3-11(4-2-9)20(17,18)14-8-10-5-6-13-19-10/h1-6,14H,7-8H2,(H,15,16). The van der Waals surface area contributed by atoms with Gasteiger partial charge in [0.05, 0.1) is 24.1 Å². The van der Waals surface area contributed by atoms with Gasteiger partial charge in [-0.05, 0) is 17.7 Å². The quantitative estimate of drug-likeness (QED) is 0.815. The molecule has 0 fully saturated rings. The molecule has 2 N–H and O–H groups in total. The van der Waals surface area contributed by atoms with Gasteiger partial charge in [0.2, 0.25) is 10.0 Å². The van der Waals surface area contributed by atoms with Gasteiger partial charge >= 0.3 is 5.97 Å². The lowest BCUT2D eigenvalue weighted by atomic mass is 10.2. The van der Waals surface area contributed by atoms with Gasteiger partial charge in [-0.3, -0.25) is 4.79 Å². The molecule has 106 valence electrons. The highest BCUT2D eigenvalue weighted by Gasteiger charge is 2.14. The van der Waals surface area contributed by atoms with Crippen molar-refractivity contribution in [3.63, 3.8) is 0 Å². The van der Waals surface area contributed by atoms with Crippen LogP contribution < -0.4 is 4.72 Å². The highest BCUT2D eigenvalue weighted by Crippen LogP contribution is 2.11. The van der Waals surface area contributed by atoms with E-state index in [0.717, 1.165) is 0 Å². The first-order valence-electron chi connectivity index (χ1n) is 5.67. The summed E-state index contributed by atoms with van der Waals surface area (Å²) in [6, 6.07) is 7.22. The molecule has 1 heterocycles. The first-order valence-corrected chi connectivity index (χ1v) is 7.15. The molecule has 0 aliphatic rings. The molecule has 7 nitrogen and oxygen atoms in total. The molecule has 1 aromatic heterocycles. The van der Waals surface area contributed by atoms with Crippen molar-refractivity contribution in [2.75, 3.05) is 0 Å². The van der Waals surface area contributed by atoms with Crippen LogP contribution in [0.25, 0.3) is 0 Å². The van der Waals surface area contributed by atoms with E-state index in [9.17, 15) is 13.2 Å². The maximum atomic E-state index is 12.0. The lowest BCUT2D eigenvalue weighted by Gasteiger charge is -2.05. The molecule has 0 atom stereocenters. The molecule has 20 heavy (non-hydrogen) atoms. The van der Waals surface area contributed by atoms with E-state index >= 15 is 0 Å². The SMILES string of the molecule is O=C(O)Cc1ccc(S(=O)(=O)NCc2ccno2)cc1. The van der Waals surface area contributed by atoms with E-state index in [0.29, 0.717) is 11.3 Å². The molecule has 2 aromatic rings. The molecular formula is C12H12N2O5S. The largest absolute Gasteiger partial charge is 0.481 e. The first kappa shape index (κ1) is 14.2. The summed E-state index contributed by atoms with van der Waals surface area (Å²) in [6.07, 6.45) is 1.27.